The van der Waals surface area contributed by atoms with Crippen LogP contribution >= 0.6 is 0 Å². The molecular weight excluding hydrogens is 394 g/mol. The number of anilines is 1. The maximum Gasteiger partial charge on any atom is 0.311 e. The second-order valence-electron chi connectivity index (χ2n) is 7.22. The minimum atomic E-state index is -0.927. The van der Waals surface area contributed by atoms with Crippen LogP contribution in [0, 0.1) is 0 Å². The van der Waals surface area contributed by atoms with Crippen molar-refractivity contribution in [2.24, 2.45) is 0 Å². The zero-order valence-electron chi connectivity index (χ0n) is 17.2. The number of carbonyl (C=O) groups is 2. The topological polar surface area (TPSA) is 73.9 Å². The fraction of sp³-hybridized carbons (Fsp3) is 0.200. The average Bonchev–Trinajstić information content (AvgIpc) is 2.80. The highest BCUT2D eigenvalue weighted by Gasteiger charge is 2.19. The number of nitrogens with one attached hydrogen (secondary N) is 1. The van der Waals surface area contributed by atoms with Crippen molar-refractivity contribution in [3.8, 4) is 22.6 Å². The second-order valence-corrected chi connectivity index (χ2v) is 7.22. The Labute approximate surface area is 180 Å². The molecule has 3 aromatic rings. The highest BCUT2D eigenvalue weighted by molar-refractivity contribution is 5.95. The molecule has 0 saturated carbocycles. The summed E-state index contributed by atoms with van der Waals surface area (Å²) in [6.07, 6.45) is -0.833. The van der Waals surface area contributed by atoms with Crippen LogP contribution in [0.25, 0.3) is 11.1 Å². The van der Waals surface area contributed by atoms with E-state index < -0.39 is 18.0 Å². The molecule has 0 spiro atoms. The number of carbonyl (C=O) groups excluding carboxylic acids is 2. The summed E-state index contributed by atoms with van der Waals surface area (Å²) in [6.45, 7) is 2.51. The van der Waals surface area contributed by atoms with Gasteiger partial charge in [-0.25, -0.2) is 0 Å². The Morgan fingerprint density at radius 3 is 2.32 bits per heavy atom. The number of rotatable bonds is 6. The van der Waals surface area contributed by atoms with Crippen molar-refractivity contribution in [1.29, 1.82) is 0 Å². The van der Waals surface area contributed by atoms with Crippen molar-refractivity contribution in [1.82, 2.24) is 0 Å². The summed E-state index contributed by atoms with van der Waals surface area (Å²) in [5.41, 5.74) is 3.56. The molecule has 1 amide bonds. The van der Waals surface area contributed by atoms with Crippen molar-refractivity contribution >= 4 is 17.6 Å². The molecule has 1 aliphatic rings. The Balaban J connectivity index is 1.30. The number of amides is 1. The van der Waals surface area contributed by atoms with Crippen LogP contribution < -0.4 is 14.8 Å². The molecule has 0 aromatic heterocycles. The lowest BCUT2D eigenvalue weighted by Crippen LogP contribution is -2.30. The standard InChI is InChI=1S/C25H23NO5/c1-17(25(28)26-21-11-12-22-23(16-21)30-14-13-29-22)31-24(27)15-18-7-9-20(10-8-18)19-5-3-2-4-6-19/h2-12,16-17H,13-15H2,1H3,(H,26,28)/t17-/m0/s1. The summed E-state index contributed by atoms with van der Waals surface area (Å²) in [5.74, 6) is 0.344. The van der Waals surface area contributed by atoms with Gasteiger partial charge >= 0.3 is 5.97 Å². The van der Waals surface area contributed by atoms with Crippen LogP contribution in [0.3, 0.4) is 0 Å². The van der Waals surface area contributed by atoms with Gasteiger partial charge < -0.3 is 19.5 Å². The SMILES string of the molecule is C[C@H](OC(=O)Cc1ccc(-c2ccccc2)cc1)C(=O)Nc1ccc2c(c1)OCCO2. The monoisotopic (exact) mass is 417 g/mol. The summed E-state index contributed by atoms with van der Waals surface area (Å²) in [4.78, 5) is 24.7. The van der Waals surface area contributed by atoms with Crippen molar-refractivity contribution in [3.63, 3.8) is 0 Å². The minimum absolute atomic E-state index is 0.0940. The lowest BCUT2D eigenvalue weighted by Gasteiger charge is -2.19. The van der Waals surface area contributed by atoms with Gasteiger partial charge in [0.25, 0.3) is 5.91 Å². The number of esters is 1. The molecule has 0 saturated heterocycles. The number of fused-ring (bicyclic) bond motifs is 1. The van der Waals surface area contributed by atoms with E-state index in [0.717, 1.165) is 16.7 Å². The number of hydrogen-bond donors (Lipinski definition) is 1. The van der Waals surface area contributed by atoms with E-state index in [1.165, 1.54) is 0 Å². The molecule has 0 fully saturated rings. The van der Waals surface area contributed by atoms with E-state index in [-0.39, 0.29) is 6.42 Å². The van der Waals surface area contributed by atoms with Crippen molar-refractivity contribution in [3.05, 3.63) is 78.4 Å². The van der Waals surface area contributed by atoms with Crippen LogP contribution in [0.5, 0.6) is 11.5 Å². The Morgan fingerprint density at radius 1 is 0.903 bits per heavy atom. The molecule has 3 aromatic carbocycles. The van der Waals surface area contributed by atoms with Crippen molar-refractivity contribution in [2.45, 2.75) is 19.4 Å². The zero-order chi connectivity index (χ0) is 21.6. The van der Waals surface area contributed by atoms with E-state index in [1.54, 1.807) is 25.1 Å². The Hall–Kier alpha value is -3.80. The molecule has 1 heterocycles. The molecule has 6 heteroatoms. The second kappa shape index (κ2) is 9.34. The third-order valence-electron chi connectivity index (χ3n) is 4.90. The van der Waals surface area contributed by atoms with Crippen LogP contribution in [0.2, 0.25) is 0 Å². The molecule has 0 unspecified atom stereocenters. The third kappa shape index (κ3) is 5.22. The Morgan fingerprint density at radius 2 is 1.58 bits per heavy atom. The first-order chi connectivity index (χ1) is 15.1. The zero-order valence-corrected chi connectivity index (χ0v) is 17.2. The minimum Gasteiger partial charge on any atom is -0.486 e. The Bertz CT molecular complexity index is 1060. The lowest BCUT2D eigenvalue weighted by molar-refractivity contribution is -0.152. The summed E-state index contributed by atoms with van der Waals surface area (Å²) in [6, 6.07) is 22.9. The maximum atomic E-state index is 12.4. The van der Waals surface area contributed by atoms with E-state index in [0.29, 0.717) is 30.4 Å². The summed E-state index contributed by atoms with van der Waals surface area (Å²) in [7, 11) is 0. The molecule has 0 radical (unpaired) electrons. The predicted molar refractivity (Wildman–Crippen MR) is 117 cm³/mol. The van der Waals surface area contributed by atoms with Gasteiger partial charge in [0.05, 0.1) is 6.42 Å². The molecular formula is C25H23NO5. The van der Waals surface area contributed by atoms with E-state index in [1.807, 2.05) is 54.6 Å². The number of benzene rings is 3. The molecule has 0 aliphatic carbocycles. The summed E-state index contributed by atoms with van der Waals surface area (Å²) >= 11 is 0. The molecule has 1 aliphatic heterocycles. The largest absolute Gasteiger partial charge is 0.486 e. The quantitative estimate of drug-likeness (QED) is 0.608. The first-order valence-electron chi connectivity index (χ1n) is 10.1. The van der Waals surface area contributed by atoms with E-state index >= 15 is 0 Å². The van der Waals surface area contributed by atoms with Crippen LogP contribution in [0.15, 0.2) is 72.8 Å². The Kier molecular flexibility index (Phi) is 6.17. The molecule has 1 atom stereocenters. The van der Waals surface area contributed by atoms with Gasteiger partial charge in [0.15, 0.2) is 17.6 Å². The van der Waals surface area contributed by atoms with Crippen molar-refractivity contribution in [2.75, 3.05) is 18.5 Å². The fourth-order valence-electron chi connectivity index (χ4n) is 3.27. The van der Waals surface area contributed by atoms with Crippen molar-refractivity contribution < 1.29 is 23.8 Å². The fourth-order valence-corrected chi connectivity index (χ4v) is 3.27. The van der Waals surface area contributed by atoms with Gasteiger partial charge in [-0.2, -0.15) is 0 Å². The summed E-state index contributed by atoms with van der Waals surface area (Å²) < 4.78 is 16.3. The van der Waals surface area contributed by atoms with Gasteiger partial charge in [0, 0.05) is 11.8 Å². The van der Waals surface area contributed by atoms with Crippen LogP contribution in [0.1, 0.15) is 12.5 Å². The molecule has 4 rings (SSSR count). The van der Waals surface area contributed by atoms with Gasteiger partial charge in [0.1, 0.15) is 13.2 Å². The lowest BCUT2D eigenvalue weighted by atomic mass is 10.0. The van der Waals surface area contributed by atoms with E-state index in [4.69, 9.17) is 14.2 Å². The van der Waals surface area contributed by atoms with Gasteiger partial charge in [-0.3, -0.25) is 9.59 Å². The smallest absolute Gasteiger partial charge is 0.311 e. The summed E-state index contributed by atoms with van der Waals surface area (Å²) in [5, 5.41) is 2.73. The predicted octanol–water partition coefficient (Wildman–Crippen LogP) is 4.24. The number of ether oxygens (including phenoxy) is 3. The number of hydrogen-bond acceptors (Lipinski definition) is 5. The van der Waals surface area contributed by atoms with E-state index in [2.05, 4.69) is 5.32 Å². The first kappa shape index (κ1) is 20.5. The van der Waals surface area contributed by atoms with Crippen LogP contribution in [-0.2, 0) is 20.7 Å². The van der Waals surface area contributed by atoms with Gasteiger partial charge in [0.2, 0.25) is 0 Å². The van der Waals surface area contributed by atoms with Gasteiger partial charge in [-0.1, -0.05) is 54.6 Å². The van der Waals surface area contributed by atoms with Crippen LogP contribution in [0.4, 0.5) is 5.69 Å². The average molecular weight is 417 g/mol. The third-order valence-corrected chi connectivity index (χ3v) is 4.90. The molecule has 1 N–H and O–H groups in total. The maximum absolute atomic E-state index is 12.4. The first-order valence-corrected chi connectivity index (χ1v) is 10.1. The molecule has 158 valence electrons. The van der Waals surface area contributed by atoms with E-state index in [9.17, 15) is 9.59 Å². The highest BCUT2D eigenvalue weighted by atomic mass is 16.6. The highest BCUT2D eigenvalue weighted by Crippen LogP contribution is 2.32. The van der Waals surface area contributed by atoms with Gasteiger partial charge in [-0.15, -0.1) is 0 Å². The van der Waals surface area contributed by atoms with Crippen LogP contribution in [-0.4, -0.2) is 31.2 Å². The normalized spacial score (nSPS) is 13.2. The molecule has 0 bridgehead atoms. The van der Waals surface area contributed by atoms with Gasteiger partial charge in [-0.05, 0) is 35.7 Å². The molecule has 31 heavy (non-hydrogen) atoms. The molecule has 6 nitrogen and oxygen atoms in total.